The fourth-order valence-electron chi connectivity index (χ4n) is 1.91. The second-order valence-electron chi connectivity index (χ2n) is 4.37. The fraction of sp³-hybridized carbons (Fsp3) is 0.133. The average molecular weight is 286 g/mol. The Balaban J connectivity index is 2.44. The maximum Gasteiger partial charge on any atom is 0.312 e. The molecular weight excluding hydrogens is 272 g/mol. The Kier molecular flexibility index (Phi) is 4.18. The summed E-state index contributed by atoms with van der Waals surface area (Å²) in [6.07, 6.45) is 0.739. The first-order valence-electron chi connectivity index (χ1n) is 6.37. The van der Waals surface area contributed by atoms with Crippen molar-refractivity contribution in [2.24, 2.45) is 5.73 Å². The van der Waals surface area contributed by atoms with Crippen molar-refractivity contribution >= 4 is 11.6 Å². The molecule has 0 heterocycles. The SMILES string of the molecule is CCc1ccccc1Oc1ccc(C(N)=O)cc1[N+](=O)[O-]. The Hall–Kier alpha value is -2.89. The molecule has 0 aromatic heterocycles. The third-order valence-electron chi connectivity index (χ3n) is 3.01. The maximum absolute atomic E-state index is 11.1. The van der Waals surface area contributed by atoms with Gasteiger partial charge in [-0.2, -0.15) is 0 Å². The van der Waals surface area contributed by atoms with Crippen molar-refractivity contribution in [1.29, 1.82) is 0 Å². The first-order valence-corrected chi connectivity index (χ1v) is 6.37. The summed E-state index contributed by atoms with van der Waals surface area (Å²) in [7, 11) is 0. The summed E-state index contributed by atoms with van der Waals surface area (Å²) in [4.78, 5) is 21.6. The lowest BCUT2D eigenvalue weighted by Crippen LogP contribution is -2.11. The van der Waals surface area contributed by atoms with E-state index in [1.807, 2.05) is 19.1 Å². The van der Waals surface area contributed by atoms with E-state index in [0.29, 0.717) is 5.75 Å². The van der Waals surface area contributed by atoms with Crippen molar-refractivity contribution in [3.8, 4) is 11.5 Å². The molecule has 0 saturated carbocycles. The molecule has 0 aliphatic heterocycles. The molecule has 0 bridgehead atoms. The van der Waals surface area contributed by atoms with E-state index in [4.69, 9.17) is 10.5 Å². The molecule has 0 aliphatic rings. The molecule has 0 aliphatic carbocycles. The Morgan fingerprint density at radius 1 is 1.24 bits per heavy atom. The lowest BCUT2D eigenvalue weighted by Gasteiger charge is -2.10. The van der Waals surface area contributed by atoms with Crippen LogP contribution in [0.2, 0.25) is 0 Å². The number of hydrogen-bond donors (Lipinski definition) is 1. The zero-order chi connectivity index (χ0) is 15.4. The van der Waals surface area contributed by atoms with E-state index in [0.717, 1.165) is 18.1 Å². The van der Waals surface area contributed by atoms with Gasteiger partial charge >= 0.3 is 5.69 Å². The van der Waals surface area contributed by atoms with Crippen LogP contribution >= 0.6 is 0 Å². The van der Waals surface area contributed by atoms with Gasteiger partial charge in [0.05, 0.1) is 4.92 Å². The molecule has 6 heteroatoms. The summed E-state index contributed by atoms with van der Waals surface area (Å²) < 4.78 is 5.63. The van der Waals surface area contributed by atoms with Gasteiger partial charge < -0.3 is 10.5 Å². The van der Waals surface area contributed by atoms with Crippen LogP contribution in [0.3, 0.4) is 0 Å². The number of rotatable bonds is 5. The van der Waals surface area contributed by atoms with Crippen LogP contribution in [0.1, 0.15) is 22.8 Å². The number of carbonyl (C=O) groups excluding carboxylic acids is 1. The van der Waals surface area contributed by atoms with Crippen LogP contribution in [0, 0.1) is 10.1 Å². The lowest BCUT2D eigenvalue weighted by atomic mass is 10.1. The molecule has 6 nitrogen and oxygen atoms in total. The van der Waals surface area contributed by atoms with Crippen LogP contribution in [-0.2, 0) is 6.42 Å². The third-order valence-corrected chi connectivity index (χ3v) is 3.01. The molecule has 108 valence electrons. The molecule has 2 N–H and O–H groups in total. The maximum atomic E-state index is 11.1. The molecule has 0 fully saturated rings. The van der Waals surface area contributed by atoms with Crippen molar-refractivity contribution in [3.05, 3.63) is 63.7 Å². The highest BCUT2D eigenvalue weighted by Gasteiger charge is 2.19. The van der Waals surface area contributed by atoms with Crippen molar-refractivity contribution in [2.75, 3.05) is 0 Å². The van der Waals surface area contributed by atoms with Gasteiger partial charge in [-0.3, -0.25) is 14.9 Å². The minimum atomic E-state index is -0.724. The summed E-state index contributed by atoms with van der Waals surface area (Å²) in [6, 6.07) is 11.2. The van der Waals surface area contributed by atoms with Gasteiger partial charge in [0.2, 0.25) is 11.7 Å². The Bertz CT molecular complexity index is 698. The smallest absolute Gasteiger partial charge is 0.312 e. The molecule has 0 unspecified atom stereocenters. The zero-order valence-electron chi connectivity index (χ0n) is 11.4. The second-order valence-corrected chi connectivity index (χ2v) is 4.37. The van der Waals surface area contributed by atoms with Gasteiger partial charge in [0.1, 0.15) is 5.75 Å². The van der Waals surface area contributed by atoms with Gasteiger partial charge in [-0.15, -0.1) is 0 Å². The number of nitrogens with zero attached hydrogens (tertiary/aromatic N) is 1. The van der Waals surface area contributed by atoms with Crippen molar-refractivity contribution in [2.45, 2.75) is 13.3 Å². The quantitative estimate of drug-likeness (QED) is 0.675. The molecule has 1 amide bonds. The molecule has 2 aromatic carbocycles. The number of para-hydroxylation sites is 1. The third kappa shape index (κ3) is 3.17. The average Bonchev–Trinajstić information content (AvgIpc) is 2.47. The number of nitrogens with two attached hydrogens (primary N) is 1. The first-order chi connectivity index (χ1) is 10.0. The van der Waals surface area contributed by atoms with Gasteiger partial charge in [-0.05, 0) is 30.2 Å². The summed E-state index contributed by atoms with van der Waals surface area (Å²) in [5.74, 6) is -0.0977. The van der Waals surface area contributed by atoms with Crippen LogP contribution < -0.4 is 10.5 Å². The monoisotopic (exact) mass is 286 g/mol. The number of ether oxygens (including phenoxy) is 1. The molecule has 21 heavy (non-hydrogen) atoms. The standard InChI is InChI=1S/C15H14N2O4/c1-2-10-5-3-4-6-13(10)21-14-8-7-11(15(16)18)9-12(14)17(19)20/h3-9H,2H2,1H3,(H2,16,18). The lowest BCUT2D eigenvalue weighted by molar-refractivity contribution is -0.385. The van der Waals surface area contributed by atoms with Crippen LogP contribution in [0.15, 0.2) is 42.5 Å². The van der Waals surface area contributed by atoms with E-state index in [1.165, 1.54) is 12.1 Å². The van der Waals surface area contributed by atoms with Crippen LogP contribution in [-0.4, -0.2) is 10.8 Å². The van der Waals surface area contributed by atoms with Gasteiger partial charge in [0.25, 0.3) is 0 Å². The number of hydrogen-bond acceptors (Lipinski definition) is 4. The largest absolute Gasteiger partial charge is 0.450 e. The van der Waals surface area contributed by atoms with Crippen LogP contribution in [0.4, 0.5) is 5.69 Å². The van der Waals surface area contributed by atoms with Crippen molar-refractivity contribution in [3.63, 3.8) is 0 Å². The highest BCUT2D eigenvalue weighted by Crippen LogP contribution is 2.33. The summed E-state index contributed by atoms with van der Waals surface area (Å²) >= 11 is 0. The molecule has 2 aromatic rings. The molecule has 0 atom stereocenters. The minimum Gasteiger partial charge on any atom is -0.450 e. The Morgan fingerprint density at radius 2 is 1.95 bits per heavy atom. The Labute approximate surface area is 121 Å². The first kappa shape index (κ1) is 14.5. The summed E-state index contributed by atoms with van der Waals surface area (Å²) in [5, 5.41) is 11.1. The number of primary amides is 1. The van der Waals surface area contributed by atoms with Crippen LogP contribution in [0.5, 0.6) is 11.5 Å². The van der Waals surface area contributed by atoms with E-state index in [-0.39, 0.29) is 17.0 Å². The highest BCUT2D eigenvalue weighted by molar-refractivity contribution is 5.93. The number of benzene rings is 2. The van der Waals surface area contributed by atoms with E-state index in [9.17, 15) is 14.9 Å². The van der Waals surface area contributed by atoms with Gasteiger partial charge in [0.15, 0.2) is 0 Å². The summed E-state index contributed by atoms with van der Waals surface area (Å²) in [6.45, 7) is 1.97. The molecule has 0 spiro atoms. The number of nitro benzene ring substituents is 1. The summed E-state index contributed by atoms with van der Waals surface area (Å²) in [5.41, 5.74) is 5.84. The van der Waals surface area contributed by atoms with E-state index in [1.54, 1.807) is 12.1 Å². The van der Waals surface area contributed by atoms with Gasteiger partial charge in [-0.1, -0.05) is 25.1 Å². The van der Waals surface area contributed by atoms with Crippen molar-refractivity contribution in [1.82, 2.24) is 0 Å². The molecular formula is C15H14N2O4. The van der Waals surface area contributed by atoms with Crippen LogP contribution in [0.25, 0.3) is 0 Å². The predicted octanol–water partition coefficient (Wildman–Crippen LogP) is 3.05. The molecule has 0 saturated heterocycles. The molecule has 0 radical (unpaired) electrons. The van der Waals surface area contributed by atoms with Crippen molar-refractivity contribution < 1.29 is 14.5 Å². The number of nitro groups is 1. The zero-order valence-corrected chi connectivity index (χ0v) is 11.4. The fourth-order valence-corrected chi connectivity index (χ4v) is 1.91. The predicted molar refractivity (Wildman–Crippen MR) is 77.5 cm³/mol. The van der Waals surface area contributed by atoms with Gasteiger partial charge in [0, 0.05) is 11.6 Å². The number of amides is 1. The van der Waals surface area contributed by atoms with E-state index >= 15 is 0 Å². The van der Waals surface area contributed by atoms with E-state index in [2.05, 4.69) is 0 Å². The minimum absolute atomic E-state index is 0.0674. The molecule has 2 rings (SSSR count). The normalized spacial score (nSPS) is 10.1. The number of aryl methyl sites for hydroxylation is 1. The highest BCUT2D eigenvalue weighted by atomic mass is 16.6. The topological polar surface area (TPSA) is 95.5 Å². The number of carbonyl (C=O) groups is 1. The Morgan fingerprint density at radius 3 is 2.57 bits per heavy atom. The van der Waals surface area contributed by atoms with E-state index < -0.39 is 10.8 Å². The second kappa shape index (κ2) is 6.04. The van der Waals surface area contributed by atoms with Gasteiger partial charge in [-0.25, -0.2) is 0 Å².